The Balaban J connectivity index is 1.64. The van der Waals surface area contributed by atoms with E-state index in [-0.39, 0.29) is 45.6 Å². The van der Waals surface area contributed by atoms with Crippen LogP contribution in [0.15, 0.2) is 71.8 Å². The standard InChI is InChI=1S/C35H35F4N5O8S/c1-19(2)53(48,49)29-12-8-22(44(34(47)51-4)52-33(46)35(37,38)39)17-26(29)28-6-5-15-43(28)32(45)30(25-18-23(50-3)9-11-27(25)36)42-21-7-10-24-20(16-21)13-14-41-31(24)40/h7-14,16-19,28,30,42H,5-6,15H2,1-4H3,(H2,40,41)/t28-,30-/m1/s1. The predicted octanol–water partition coefficient (Wildman–Crippen LogP) is 6.26. The second kappa shape index (κ2) is 15.1. The molecule has 1 fully saturated rings. The summed E-state index contributed by atoms with van der Waals surface area (Å²) in [6.45, 7) is 2.88. The number of hydroxylamine groups is 1. The molecule has 13 nitrogen and oxygen atoms in total. The normalized spacial score (nSPS) is 15.3. The van der Waals surface area contributed by atoms with Crippen LogP contribution in [-0.2, 0) is 29.0 Å². The molecule has 2 amide bonds. The molecule has 0 unspecified atom stereocenters. The molecular formula is C35H35F4N5O8S. The van der Waals surface area contributed by atoms with Crippen molar-refractivity contribution < 1.29 is 54.7 Å². The van der Waals surface area contributed by atoms with Gasteiger partial charge >= 0.3 is 18.2 Å². The number of pyridine rings is 1. The SMILES string of the molecule is COC(=O)N(OC(=O)C(F)(F)F)c1ccc(S(=O)(=O)C(C)C)c([C@H]2CCCN2C(=O)[C@H](Nc2ccc3c(N)nccc3c2)c2cc(OC)ccc2F)c1. The third-order valence-electron chi connectivity index (χ3n) is 8.66. The van der Waals surface area contributed by atoms with Gasteiger partial charge in [0.15, 0.2) is 9.84 Å². The molecule has 1 aromatic heterocycles. The van der Waals surface area contributed by atoms with E-state index in [0.29, 0.717) is 22.9 Å². The molecular weight excluding hydrogens is 726 g/mol. The van der Waals surface area contributed by atoms with Gasteiger partial charge in [-0.1, -0.05) is 0 Å². The van der Waals surface area contributed by atoms with Crippen LogP contribution in [0.1, 0.15) is 49.9 Å². The van der Waals surface area contributed by atoms with Crippen LogP contribution in [0.2, 0.25) is 0 Å². The number of carbonyl (C=O) groups excluding carboxylic acids is 3. The number of nitrogens with one attached hydrogen (secondary N) is 1. The average molecular weight is 762 g/mol. The van der Waals surface area contributed by atoms with E-state index in [1.54, 1.807) is 24.3 Å². The molecule has 0 bridgehead atoms. The number of sulfone groups is 1. The van der Waals surface area contributed by atoms with Crippen LogP contribution in [-0.4, -0.2) is 68.5 Å². The number of carbonyl (C=O) groups is 3. The van der Waals surface area contributed by atoms with Crippen LogP contribution >= 0.6 is 0 Å². The van der Waals surface area contributed by atoms with Crippen molar-refractivity contribution in [3.8, 4) is 5.75 Å². The van der Waals surface area contributed by atoms with Crippen LogP contribution in [0.5, 0.6) is 5.75 Å². The zero-order chi connectivity index (χ0) is 38.8. The summed E-state index contributed by atoms with van der Waals surface area (Å²) in [4.78, 5) is 48.6. The van der Waals surface area contributed by atoms with E-state index >= 15 is 4.39 Å². The average Bonchev–Trinajstić information content (AvgIpc) is 3.62. The predicted molar refractivity (Wildman–Crippen MR) is 185 cm³/mol. The van der Waals surface area contributed by atoms with E-state index in [4.69, 9.17) is 10.5 Å². The maximum atomic E-state index is 15.6. The summed E-state index contributed by atoms with van der Waals surface area (Å²) in [6.07, 6.45) is -5.04. The minimum absolute atomic E-state index is 0.0579. The lowest BCUT2D eigenvalue weighted by Crippen LogP contribution is -2.39. The lowest BCUT2D eigenvalue weighted by molar-refractivity contribution is -0.200. The summed E-state index contributed by atoms with van der Waals surface area (Å²) in [7, 11) is -1.94. The number of likely N-dealkylation sites (tertiary alicyclic amines) is 1. The van der Waals surface area contributed by atoms with Gasteiger partial charge in [-0.3, -0.25) is 4.79 Å². The molecule has 1 saturated heterocycles. The molecule has 0 saturated carbocycles. The summed E-state index contributed by atoms with van der Waals surface area (Å²) in [6, 6.07) is 11.1. The fourth-order valence-corrected chi connectivity index (χ4v) is 7.26. The molecule has 53 heavy (non-hydrogen) atoms. The summed E-state index contributed by atoms with van der Waals surface area (Å²) < 4.78 is 92.4. The number of hydrogen-bond donors (Lipinski definition) is 2. The van der Waals surface area contributed by atoms with Crippen molar-refractivity contribution in [2.75, 3.05) is 36.9 Å². The third-order valence-corrected chi connectivity index (χ3v) is 10.9. The molecule has 0 spiro atoms. The zero-order valence-electron chi connectivity index (χ0n) is 28.8. The first-order valence-electron chi connectivity index (χ1n) is 16.1. The molecule has 3 N–H and O–H groups in total. The Bertz CT molecular complexity index is 2170. The molecule has 282 valence electrons. The van der Waals surface area contributed by atoms with E-state index in [2.05, 4.69) is 19.9 Å². The Hall–Kier alpha value is -5.65. The Kier molecular flexibility index (Phi) is 11.0. The zero-order valence-corrected chi connectivity index (χ0v) is 29.6. The Labute approximate surface area is 301 Å². The van der Waals surface area contributed by atoms with Crippen LogP contribution in [0.3, 0.4) is 0 Å². The van der Waals surface area contributed by atoms with Gasteiger partial charge in [0.05, 0.1) is 36.1 Å². The number of aromatic nitrogens is 1. The van der Waals surface area contributed by atoms with Gasteiger partial charge < -0.3 is 30.3 Å². The molecule has 2 atom stereocenters. The van der Waals surface area contributed by atoms with Crippen LogP contribution in [0.4, 0.5) is 39.5 Å². The van der Waals surface area contributed by atoms with Crippen LogP contribution in [0.25, 0.3) is 10.8 Å². The molecule has 0 radical (unpaired) electrons. The van der Waals surface area contributed by atoms with Gasteiger partial charge in [0, 0.05) is 29.4 Å². The number of fused-ring (bicyclic) bond motifs is 1. The minimum Gasteiger partial charge on any atom is -0.497 e. The van der Waals surface area contributed by atoms with E-state index < -0.39 is 62.8 Å². The molecule has 18 heteroatoms. The van der Waals surface area contributed by atoms with Crippen molar-refractivity contribution in [1.29, 1.82) is 0 Å². The van der Waals surface area contributed by atoms with Gasteiger partial charge in [-0.2, -0.15) is 13.2 Å². The number of rotatable bonds is 9. The molecule has 2 heterocycles. The van der Waals surface area contributed by atoms with Gasteiger partial charge in [0.25, 0.3) is 0 Å². The molecule has 3 aromatic carbocycles. The molecule has 1 aliphatic heterocycles. The quantitative estimate of drug-likeness (QED) is 0.146. The van der Waals surface area contributed by atoms with Crippen LogP contribution in [0, 0.1) is 5.82 Å². The largest absolute Gasteiger partial charge is 0.497 e. The Morgan fingerprint density at radius 2 is 1.77 bits per heavy atom. The second-order valence-corrected chi connectivity index (χ2v) is 14.7. The summed E-state index contributed by atoms with van der Waals surface area (Å²) in [5.74, 6) is -3.69. The second-order valence-electron chi connectivity index (χ2n) is 12.2. The highest BCUT2D eigenvalue weighted by Gasteiger charge is 2.45. The molecule has 1 aliphatic rings. The number of amides is 2. The van der Waals surface area contributed by atoms with E-state index in [1.807, 2.05) is 0 Å². The van der Waals surface area contributed by atoms with Crippen molar-refractivity contribution in [2.45, 2.75) is 55.1 Å². The fourth-order valence-electron chi connectivity index (χ4n) is 5.97. The number of methoxy groups -OCH3 is 2. The maximum absolute atomic E-state index is 15.6. The van der Waals surface area contributed by atoms with Crippen molar-refractivity contribution >= 4 is 55.8 Å². The number of nitrogens with zero attached hydrogens (tertiary/aromatic N) is 3. The molecule has 0 aliphatic carbocycles. The van der Waals surface area contributed by atoms with Crippen molar-refractivity contribution in [1.82, 2.24) is 9.88 Å². The Morgan fingerprint density at radius 3 is 2.43 bits per heavy atom. The van der Waals surface area contributed by atoms with Gasteiger partial charge in [-0.15, -0.1) is 5.06 Å². The number of alkyl halides is 3. The number of nitrogens with two attached hydrogens (primary N) is 1. The van der Waals surface area contributed by atoms with Crippen LogP contribution < -0.4 is 20.9 Å². The van der Waals surface area contributed by atoms with E-state index in [9.17, 15) is 36.0 Å². The number of anilines is 3. The number of hydrogen-bond acceptors (Lipinski definition) is 11. The number of ether oxygens (including phenoxy) is 2. The number of nitrogen functional groups attached to an aromatic ring is 1. The summed E-state index contributed by atoms with van der Waals surface area (Å²) in [5, 5.41) is 3.34. The first-order chi connectivity index (χ1) is 25.0. The maximum Gasteiger partial charge on any atom is 0.493 e. The summed E-state index contributed by atoms with van der Waals surface area (Å²) >= 11 is 0. The highest BCUT2D eigenvalue weighted by molar-refractivity contribution is 7.92. The van der Waals surface area contributed by atoms with Crippen molar-refractivity contribution in [3.05, 3.63) is 83.8 Å². The Morgan fingerprint density at radius 1 is 1.04 bits per heavy atom. The molecule has 5 rings (SSSR count). The van der Waals surface area contributed by atoms with Gasteiger partial charge in [-0.25, -0.2) is 27.4 Å². The summed E-state index contributed by atoms with van der Waals surface area (Å²) in [5.41, 5.74) is 5.72. The number of benzene rings is 3. The molecule has 4 aromatic rings. The lowest BCUT2D eigenvalue weighted by Gasteiger charge is -2.32. The monoisotopic (exact) mass is 761 g/mol. The first-order valence-corrected chi connectivity index (χ1v) is 17.6. The van der Waals surface area contributed by atoms with Crippen molar-refractivity contribution in [3.63, 3.8) is 0 Å². The van der Waals surface area contributed by atoms with Gasteiger partial charge in [-0.05, 0) is 98.3 Å². The van der Waals surface area contributed by atoms with E-state index in [0.717, 1.165) is 31.4 Å². The highest BCUT2D eigenvalue weighted by atomic mass is 32.2. The van der Waals surface area contributed by atoms with Crippen molar-refractivity contribution in [2.24, 2.45) is 0 Å². The minimum atomic E-state index is -5.50. The first kappa shape index (κ1) is 38.6. The topological polar surface area (TPSA) is 170 Å². The van der Waals surface area contributed by atoms with Gasteiger partial charge in [0.1, 0.15) is 23.4 Å². The number of halogens is 4. The highest BCUT2D eigenvalue weighted by Crippen LogP contribution is 2.41. The fraction of sp³-hybridized carbons (Fsp3) is 0.314. The lowest BCUT2D eigenvalue weighted by atomic mass is 10.00. The van der Waals surface area contributed by atoms with Gasteiger partial charge in [0.2, 0.25) is 5.91 Å². The van der Waals surface area contributed by atoms with E-state index in [1.165, 1.54) is 44.2 Å². The third kappa shape index (κ3) is 7.91. The smallest absolute Gasteiger partial charge is 0.493 e.